The Bertz CT molecular complexity index is 439. The lowest BCUT2D eigenvalue weighted by Crippen LogP contribution is -2.11. The van der Waals surface area contributed by atoms with Crippen molar-refractivity contribution in [1.82, 2.24) is 0 Å². The first-order chi connectivity index (χ1) is 7.75. The van der Waals surface area contributed by atoms with Crippen molar-refractivity contribution in [2.45, 2.75) is 18.9 Å². The predicted molar refractivity (Wildman–Crippen MR) is 78.7 cm³/mol. The van der Waals surface area contributed by atoms with Gasteiger partial charge in [0.1, 0.15) is 0 Å². The summed E-state index contributed by atoms with van der Waals surface area (Å²) >= 11 is 4.13. The predicted octanol–water partition coefficient (Wildman–Crippen LogP) is 3.99. The van der Waals surface area contributed by atoms with E-state index in [9.17, 15) is 0 Å². The summed E-state index contributed by atoms with van der Waals surface area (Å²) in [6, 6.07) is 12.9. The van der Waals surface area contributed by atoms with Crippen LogP contribution in [0, 0.1) is 3.57 Å². The van der Waals surface area contributed by atoms with E-state index in [0.29, 0.717) is 0 Å². The van der Waals surface area contributed by atoms with Gasteiger partial charge in [-0.25, -0.2) is 0 Å². The Labute approximate surface area is 114 Å². The second kappa shape index (κ2) is 5.80. The molecule has 1 aromatic heterocycles. The van der Waals surface area contributed by atoms with Crippen LogP contribution in [-0.2, 0) is 6.42 Å². The van der Waals surface area contributed by atoms with Crippen molar-refractivity contribution >= 4 is 33.9 Å². The molecule has 84 valence electrons. The van der Waals surface area contributed by atoms with Crippen LogP contribution in [0.1, 0.15) is 22.9 Å². The van der Waals surface area contributed by atoms with Crippen LogP contribution in [0.25, 0.3) is 0 Å². The highest BCUT2D eigenvalue weighted by Crippen LogP contribution is 2.20. The molecule has 0 aliphatic heterocycles. The molecule has 1 unspecified atom stereocenters. The van der Waals surface area contributed by atoms with Gasteiger partial charge in [0, 0.05) is 14.5 Å². The average molecular weight is 343 g/mol. The lowest BCUT2D eigenvalue weighted by atomic mass is 10.0. The van der Waals surface area contributed by atoms with Gasteiger partial charge in [0.15, 0.2) is 0 Å². The molecule has 2 rings (SSSR count). The topological polar surface area (TPSA) is 26.0 Å². The largest absolute Gasteiger partial charge is 0.324 e. The third-order valence-electron chi connectivity index (χ3n) is 2.56. The maximum atomic E-state index is 6.18. The van der Waals surface area contributed by atoms with Gasteiger partial charge in [0.2, 0.25) is 0 Å². The van der Waals surface area contributed by atoms with Crippen LogP contribution >= 0.6 is 33.9 Å². The monoisotopic (exact) mass is 343 g/mol. The van der Waals surface area contributed by atoms with Crippen molar-refractivity contribution < 1.29 is 0 Å². The summed E-state index contributed by atoms with van der Waals surface area (Å²) in [5, 5.41) is 2.12. The van der Waals surface area contributed by atoms with Gasteiger partial charge in [-0.2, -0.15) is 0 Å². The van der Waals surface area contributed by atoms with Crippen molar-refractivity contribution in [3.8, 4) is 0 Å². The third kappa shape index (κ3) is 3.30. The molecular weight excluding hydrogens is 329 g/mol. The van der Waals surface area contributed by atoms with Crippen molar-refractivity contribution in [1.29, 1.82) is 0 Å². The van der Waals surface area contributed by atoms with Crippen LogP contribution in [0.5, 0.6) is 0 Å². The summed E-state index contributed by atoms with van der Waals surface area (Å²) < 4.78 is 1.25. The zero-order valence-electron chi connectivity index (χ0n) is 8.90. The fourth-order valence-electron chi connectivity index (χ4n) is 1.66. The normalized spacial score (nSPS) is 12.6. The molecular formula is C13H14INS. The number of hydrogen-bond donors (Lipinski definition) is 1. The average Bonchev–Trinajstić information content (AvgIpc) is 2.78. The Morgan fingerprint density at radius 1 is 1.25 bits per heavy atom. The molecule has 2 N–H and O–H groups in total. The Balaban J connectivity index is 1.95. The molecule has 2 aromatic rings. The van der Waals surface area contributed by atoms with E-state index in [1.165, 1.54) is 14.0 Å². The van der Waals surface area contributed by atoms with E-state index >= 15 is 0 Å². The minimum absolute atomic E-state index is 0.150. The molecule has 0 amide bonds. The van der Waals surface area contributed by atoms with Gasteiger partial charge in [0.25, 0.3) is 0 Å². The number of halogens is 1. The van der Waals surface area contributed by atoms with Crippen molar-refractivity contribution in [3.05, 3.63) is 55.8 Å². The van der Waals surface area contributed by atoms with Gasteiger partial charge in [-0.3, -0.25) is 0 Å². The first-order valence-electron chi connectivity index (χ1n) is 5.29. The van der Waals surface area contributed by atoms with Gasteiger partial charge in [-0.1, -0.05) is 18.2 Å². The van der Waals surface area contributed by atoms with Crippen LogP contribution in [0.15, 0.2) is 41.8 Å². The second-order valence-corrected chi connectivity index (χ2v) is 6.06. The molecule has 1 aromatic carbocycles. The molecule has 3 heteroatoms. The Morgan fingerprint density at radius 3 is 2.81 bits per heavy atom. The Kier molecular flexibility index (Phi) is 4.37. The summed E-state index contributed by atoms with van der Waals surface area (Å²) in [4.78, 5) is 1.42. The minimum atomic E-state index is 0.150. The third-order valence-corrected chi connectivity index (χ3v) is 4.17. The first kappa shape index (κ1) is 12.1. The van der Waals surface area contributed by atoms with Gasteiger partial charge < -0.3 is 5.73 Å². The van der Waals surface area contributed by atoms with Gasteiger partial charge in [0.05, 0.1) is 0 Å². The molecule has 0 saturated heterocycles. The SMILES string of the molecule is NC(CCc1cccs1)c1cccc(I)c1. The highest BCUT2D eigenvalue weighted by atomic mass is 127. The molecule has 0 aliphatic carbocycles. The highest BCUT2D eigenvalue weighted by Gasteiger charge is 2.06. The number of aryl methyl sites for hydroxylation is 1. The van der Waals surface area contributed by atoms with Gasteiger partial charge in [-0.15, -0.1) is 11.3 Å². The summed E-state index contributed by atoms with van der Waals surface area (Å²) in [6.45, 7) is 0. The number of nitrogens with two attached hydrogens (primary N) is 1. The lowest BCUT2D eigenvalue weighted by molar-refractivity contribution is 0.655. The van der Waals surface area contributed by atoms with Crippen LogP contribution in [0.2, 0.25) is 0 Å². The Morgan fingerprint density at radius 2 is 2.12 bits per heavy atom. The molecule has 0 spiro atoms. The molecule has 0 fully saturated rings. The summed E-state index contributed by atoms with van der Waals surface area (Å²) in [5.74, 6) is 0. The number of rotatable bonds is 4. The molecule has 0 aliphatic rings. The van der Waals surface area contributed by atoms with E-state index < -0.39 is 0 Å². The molecule has 1 atom stereocenters. The number of thiophene rings is 1. The van der Waals surface area contributed by atoms with E-state index in [2.05, 4.69) is 64.4 Å². The van der Waals surface area contributed by atoms with Crippen molar-refractivity contribution in [2.24, 2.45) is 5.73 Å². The standard InChI is InChI=1S/C13H14INS/c14-11-4-1-3-10(9-11)13(15)7-6-12-5-2-8-16-12/h1-5,8-9,13H,6-7,15H2. The fourth-order valence-corrected chi connectivity index (χ4v) is 2.95. The van der Waals surface area contributed by atoms with Gasteiger partial charge >= 0.3 is 0 Å². The molecule has 1 heterocycles. The van der Waals surface area contributed by atoms with E-state index in [1.807, 2.05) is 0 Å². The zero-order chi connectivity index (χ0) is 11.4. The zero-order valence-corrected chi connectivity index (χ0v) is 11.9. The lowest BCUT2D eigenvalue weighted by Gasteiger charge is -2.11. The fraction of sp³-hybridized carbons (Fsp3) is 0.231. The maximum absolute atomic E-state index is 6.18. The minimum Gasteiger partial charge on any atom is -0.324 e. The summed E-state index contributed by atoms with van der Waals surface area (Å²) in [6.07, 6.45) is 2.09. The van der Waals surface area contributed by atoms with Gasteiger partial charge in [-0.05, 0) is 64.6 Å². The summed E-state index contributed by atoms with van der Waals surface area (Å²) in [5.41, 5.74) is 7.42. The molecule has 16 heavy (non-hydrogen) atoms. The number of hydrogen-bond acceptors (Lipinski definition) is 2. The molecule has 1 nitrogen and oxygen atoms in total. The van der Waals surface area contributed by atoms with Crippen LogP contribution in [-0.4, -0.2) is 0 Å². The molecule has 0 saturated carbocycles. The van der Waals surface area contributed by atoms with E-state index in [4.69, 9.17) is 5.73 Å². The Hall–Kier alpha value is -0.390. The molecule has 0 bridgehead atoms. The highest BCUT2D eigenvalue weighted by molar-refractivity contribution is 14.1. The summed E-state index contributed by atoms with van der Waals surface area (Å²) in [7, 11) is 0. The van der Waals surface area contributed by atoms with E-state index in [-0.39, 0.29) is 6.04 Å². The van der Waals surface area contributed by atoms with Crippen LogP contribution < -0.4 is 5.73 Å². The van der Waals surface area contributed by atoms with E-state index in [0.717, 1.165) is 12.8 Å². The second-order valence-electron chi connectivity index (χ2n) is 3.78. The van der Waals surface area contributed by atoms with Crippen molar-refractivity contribution in [3.63, 3.8) is 0 Å². The smallest absolute Gasteiger partial charge is 0.0298 e. The van der Waals surface area contributed by atoms with Crippen LogP contribution in [0.4, 0.5) is 0 Å². The van der Waals surface area contributed by atoms with Crippen LogP contribution in [0.3, 0.4) is 0 Å². The van der Waals surface area contributed by atoms with E-state index in [1.54, 1.807) is 11.3 Å². The quantitative estimate of drug-likeness (QED) is 0.835. The first-order valence-corrected chi connectivity index (χ1v) is 7.25. The molecule has 0 radical (unpaired) electrons. The number of benzene rings is 1. The van der Waals surface area contributed by atoms with Crippen molar-refractivity contribution in [2.75, 3.05) is 0 Å². The maximum Gasteiger partial charge on any atom is 0.0298 e.